The zero-order valence-electron chi connectivity index (χ0n) is 9.77. The molecule has 1 aromatic heterocycles. The fourth-order valence-electron chi connectivity index (χ4n) is 1.62. The Bertz CT molecular complexity index is 483. The summed E-state index contributed by atoms with van der Waals surface area (Å²) in [6.07, 6.45) is 2.06. The molecule has 0 aliphatic heterocycles. The number of aromatic nitrogens is 2. The van der Waals surface area contributed by atoms with Gasteiger partial charge in [0.05, 0.1) is 11.4 Å². The number of anilines is 2. The molecule has 0 bridgehead atoms. The summed E-state index contributed by atoms with van der Waals surface area (Å²) in [5.41, 5.74) is 8.51. The molecule has 2 rings (SSSR count). The molecule has 1 heterocycles. The summed E-state index contributed by atoms with van der Waals surface area (Å²) < 4.78 is 9.68. The van der Waals surface area contributed by atoms with Gasteiger partial charge in [-0.3, -0.25) is 0 Å². The second-order valence-electron chi connectivity index (χ2n) is 3.79. The third-order valence-corrected chi connectivity index (χ3v) is 2.54. The van der Waals surface area contributed by atoms with Gasteiger partial charge >= 0.3 is 0 Å². The SMILES string of the molecule is COCCCCNc1ccc(N)c2nonc12. The molecule has 0 amide bonds. The summed E-state index contributed by atoms with van der Waals surface area (Å²) in [7, 11) is 1.71. The number of methoxy groups -OCH3 is 1. The van der Waals surface area contributed by atoms with Crippen LogP contribution in [0.25, 0.3) is 11.0 Å². The van der Waals surface area contributed by atoms with E-state index in [0.29, 0.717) is 16.7 Å². The molecule has 1 aromatic carbocycles. The Labute approximate surface area is 99.1 Å². The number of nitrogens with one attached hydrogen (secondary N) is 1. The van der Waals surface area contributed by atoms with Gasteiger partial charge in [-0.2, -0.15) is 0 Å². The molecule has 0 atom stereocenters. The van der Waals surface area contributed by atoms with Crippen molar-refractivity contribution in [3.05, 3.63) is 12.1 Å². The minimum atomic E-state index is 0.575. The maximum atomic E-state index is 5.76. The lowest BCUT2D eigenvalue weighted by atomic mass is 10.2. The molecule has 0 saturated carbocycles. The lowest BCUT2D eigenvalue weighted by Crippen LogP contribution is -2.04. The van der Waals surface area contributed by atoms with E-state index in [1.807, 2.05) is 6.07 Å². The van der Waals surface area contributed by atoms with Crippen molar-refractivity contribution in [2.75, 3.05) is 31.3 Å². The second kappa shape index (κ2) is 5.49. The minimum Gasteiger partial charge on any atom is -0.397 e. The van der Waals surface area contributed by atoms with Crippen LogP contribution in [-0.2, 0) is 4.74 Å². The first kappa shape index (κ1) is 11.7. The van der Waals surface area contributed by atoms with Crippen LogP contribution < -0.4 is 11.1 Å². The molecule has 92 valence electrons. The Morgan fingerprint density at radius 1 is 1.29 bits per heavy atom. The van der Waals surface area contributed by atoms with Crippen LogP contribution in [0.5, 0.6) is 0 Å². The number of hydrogen-bond acceptors (Lipinski definition) is 6. The normalized spacial score (nSPS) is 10.9. The number of unbranched alkanes of at least 4 members (excludes halogenated alkanes) is 1. The standard InChI is InChI=1S/C11H16N4O2/c1-16-7-3-2-6-13-9-5-4-8(12)10-11(9)15-17-14-10/h4-5,13H,2-3,6-7,12H2,1H3. The van der Waals surface area contributed by atoms with Crippen LogP contribution in [-0.4, -0.2) is 30.6 Å². The highest BCUT2D eigenvalue weighted by Gasteiger charge is 2.09. The van der Waals surface area contributed by atoms with Gasteiger partial charge in [0.1, 0.15) is 0 Å². The van der Waals surface area contributed by atoms with Gasteiger partial charge in [0.15, 0.2) is 11.0 Å². The molecule has 0 unspecified atom stereocenters. The van der Waals surface area contributed by atoms with E-state index in [1.54, 1.807) is 13.2 Å². The molecule has 2 aromatic rings. The van der Waals surface area contributed by atoms with Crippen molar-refractivity contribution in [2.45, 2.75) is 12.8 Å². The number of nitrogen functional groups attached to an aromatic ring is 1. The summed E-state index contributed by atoms with van der Waals surface area (Å²) in [6, 6.07) is 3.68. The number of ether oxygens (including phenoxy) is 1. The third-order valence-electron chi connectivity index (χ3n) is 2.54. The molecule has 6 heteroatoms. The highest BCUT2D eigenvalue weighted by atomic mass is 16.6. The van der Waals surface area contributed by atoms with Crippen molar-refractivity contribution in [3.8, 4) is 0 Å². The monoisotopic (exact) mass is 236 g/mol. The third kappa shape index (κ3) is 2.65. The molecule has 0 spiro atoms. The maximum absolute atomic E-state index is 5.76. The predicted molar refractivity (Wildman–Crippen MR) is 65.8 cm³/mol. The van der Waals surface area contributed by atoms with Crippen molar-refractivity contribution in [1.29, 1.82) is 0 Å². The van der Waals surface area contributed by atoms with E-state index in [1.165, 1.54) is 0 Å². The Morgan fingerprint density at radius 3 is 2.94 bits per heavy atom. The number of hydrogen-bond donors (Lipinski definition) is 2. The molecule has 0 fully saturated rings. The average Bonchev–Trinajstić information content (AvgIpc) is 2.81. The molecule has 17 heavy (non-hydrogen) atoms. The number of fused-ring (bicyclic) bond motifs is 1. The van der Waals surface area contributed by atoms with Crippen molar-refractivity contribution in [2.24, 2.45) is 0 Å². The van der Waals surface area contributed by atoms with E-state index in [-0.39, 0.29) is 0 Å². The molecule has 0 aliphatic carbocycles. The Morgan fingerprint density at radius 2 is 2.12 bits per heavy atom. The van der Waals surface area contributed by atoms with Crippen LogP contribution in [0.1, 0.15) is 12.8 Å². The van der Waals surface area contributed by atoms with E-state index >= 15 is 0 Å². The van der Waals surface area contributed by atoms with Crippen LogP contribution >= 0.6 is 0 Å². The topological polar surface area (TPSA) is 86.2 Å². The van der Waals surface area contributed by atoms with Crippen molar-refractivity contribution < 1.29 is 9.37 Å². The molecule has 0 radical (unpaired) electrons. The van der Waals surface area contributed by atoms with Gasteiger partial charge in [-0.05, 0) is 35.3 Å². The van der Waals surface area contributed by atoms with Crippen LogP contribution in [0.15, 0.2) is 16.8 Å². The van der Waals surface area contributed by atoms with Gasteiger partial charge in [0.25, 0.3) is 0 Å². The number of nitrogens with two attached hydrogens (primary N) is 1. The van der Waals surface area contributed by atoms with E-state index in [0.717, 1.165) is 31.7 Å². The van der Waals surface area contributed by atoms with E-state index in [2.05, 4.69) is 15.6 Å². The van der Waals surface area contributed by atoms with Gasteiger partial charge in [-0.25, -0.2) is 4.63 Å². The minimum absolute atomic E-state index is 0.575. The fourth-order valence-corrected chi connectivity index (χ4v) is 1.62. The fraction of sp³-hybridized carbons (Fsp3) is 0.455. The van der Waals surface area contributed by atoms with Gasteiger partial charge in [0.2, 0.25) is 0 Å². The lowest BCUT2D eigenvalue weighted by Gasteiger charge is -2.06. The Hall–Kier alpha value is -1.82. The number of benzene rings is 1. The highest BCUT2D eigenvalue weighted by Crippen LogP contribution is 2.24. The van der Waals surface area contributed by atoms with Crippen molar-refractivity contribution in [3.63, 3.8) is 0 Å². The quantitative estimate of drug-likeness (QED) is 0.585. The largest absolute Gasteiger partial charge is 0.397 e. The van der Waals surface area contributed by atoms with E-state index in [9.17, 15) is 0 Å². The molecule has 6 nitrogen and oxygen atoms in total. The van der Waals surface area contributed by atoms with Gasteiger partial charge in [-0.1, -0.05) is 0 Å². The van der Waals surface area contributed by atoms with Gasteiger partial charge in [0, 0.05) is 20.3 Å². The predicted octanol–water partition coefficient (Wildman–Crippen LogP) is 1.64. The summed E-state index contributed by atoms with van der Waals surface area (Å²) in [5.74, 6) is 0. The Kier molecular flexibility index (Phi) is 3.77. The van der Waals surface area contributed by atoms with Crippen LogP contribution in [0.3, 0.4) is 0 Å². The molecular formula is C11H16N4O2. The van der Waals surface area contributed by atoms with Crippen molar-refractivity contribution >= 4 is 22.4 Å². The first-order valence-electron chi connectivity index (χ1n) is 5.56. The summed E-state index contributed by atoms with van der Waals surface area (Å²) >= 11 is 0. The summed E-state index contributed by atoms with van der Waals surface area (Å²) in [4.78, 5) is 0. The zero-order valence-corrected chi connectivity index (χ0v) is 9.77. The molecule has 0 saturated heterocycles. The van der Waals surface area contributed by atoms with E-state index < -0.39 is 0 Å². The van der Waals surface area contributed by atoms with Crippen molar-refractivity contribution in [1.82, 2.24) is 10.3 Å². The van der Waals surface area contributed by atoms with Gasteiger partial charge in [-0.15, -0.1) is 0 Å². The molecule has 0 aliphatic rings. The van der Waals surface area contributed by atoms with Crippen LogP contribution in [0.2, 0.25) is 0 Å². The first-order chi connectivity index (χ1) is 8.33. The van der Waals surface area contributed by atoms with Crippen LogP contribution in [0, 0.1) is 0 Å². The van der Waals surface area contributed by atoms with E-state index in [4.69, 9.17) is 15.1 Å². The number of nitrogens with zero attached hydrogens (tertiary/aromatic N) is 2. The highest BCUT2D eigenvalue weighted by molar-refractivity contribution is 5.94. The Balaban J connectivity index is 1.99. The summed E-state index contributed by atoms with van der Waals surface area (Å²) in [5, 5.41) is 10.9. The smallest absolute Gasteiger partial charge is 0.160 e. The average molecular weight is 236 g/mol. The molecule has 3 N–H and O–H groups in total. The van der Waals surface area contributed by atoms with Gasteiger partial charge < -0.3 is 15.8 Å². The van der Waals surface area contributed by atoms with Crippen LogP contribution in [0.4, 0.5) is 11.4 Å². The first-order valence-corrected chi connectivity index (χ1v) is 5.56. The maximum Gasteiger partial charge on any atom is 0.160 e. The second-order valence-corrected chi connectivity index (χ2v) is 3.79. The summed E-state index contributed by atoms with van der Waals surface area (Å²) in [6.45, 7) is 1.64. The zero-order chi connectivity index (χ0) is 12.1. The number of rotatable bonds is 6. The lowest BCUT2D eigenvalue weighted by molar-refractivity contribution is 0.194. The molecular weight excluding hydrogens is 220 g/mol.